The van der Waals surface area contributed by atoms with Crippen molar-refractivity contribution in [3.8, 4) is 11.5 Å². The van der Waals surface area contributed by atoms with E-state index >= 15 is 0 Å². The van der Waals surface area contributed by atoms with Gasteiger partial charge in [0.1, 0.15) is 0 Å². The molecule has 0 bridgehead atoms. The monoisotopic (exact) mass is 470 g/mol. The molecular weight excluding hydrogens is 453 g/mol. The first-order valence-corrected chi connectivity index (χ1v) is 10.4. The summed E-state index contributed by atoms with van der Waals surface area (Å²) in [5.41, 5.74) is -0.441. The fourth-order valence-corrected chi connectivity index (χ4v) is 3.70. The van der Waals surface area contributed by atoms with Gasteiger partial charge in [0.2, 0.25) is 0 Å². The van der Waals surface area contributed by atoms with Gasteiger partial charge in [0, 0.05) is 22.5 Å². The van der Waals surface area contributed by atoms with Gasteiger partial charge in [0.15, 0.2) is 23.2 Å². The average molecular weight is 471 g/mol. The van der Waals surface area contributed by atoms with Crippen LogP contribution in [0.15, 0.2) is 48.7 Å². The summed E-state index contributed by atoms with van der Waals surface area (Å²) in [4.78, 5) is 16.9. The largest absolute Gasteiger partial charge is 0.490 e. The molecule has 31 heavy (non-hydrogen) atoms. The molecule has 1 amide bonds. The number of ether oxygens (including phenoxy) is 2. The standard InChI is InChI=1S/C21H18ClF3N2O3S/c1-2-29-17-5-3-4-6-18(17)30-12-19(28)27-20-26-11-15(31-20)10-13-9-14(21(23,24)25)7-8-16(13)22/h3-9,11H,2,10,12H2,1H3,(H,26,27,28). The number of nitrogens with one attached hydrogen (secondary N) is 1. The van der Waals surface area contributed by atoms with Crippen molar-refractivity contribution in [2.24, 2.45) is 0 Å². The molecule has 10 heteroatoms. The van der Waals surface area contributed by atoms with E-state index in [1.54, 1.807) is 24.3 Å². The lowest BCUT2D eigenvalue weighted by Gasteiger charge is -2.11. The van der Waals surface area contributed by atoms with Crippen LogP contribution in [0.4, 0.5) is 18.3 Å². The van der Waals surface area contributed by atoms with E-state index in [9.17, 15) is 18.0 Å². The molecule has 164 valence electrons. The van der Waals surface area contributed by atoms with Gasteiger partial charge in [-0.15, -0.1) is 11.3 Å². The lowest BCUT2D eigenvalue weighted by Crippen LogP contribution is -2.20. The van der Waals surface area contributed by atoms with Gasteiger partial charge in [-0.1, -0.05) is 23.7 Å². The van der Waals surface area contributed by atoms with E-state index in [1.807, 2.05) is 6.92 Å². The molecule has 0 fully saturated rings. The first-order chi connectivity index (χ1) is 14.8. The van der Waals surface area contributed by atoms with Crippen molar-refractivity contribution in [3.05, 3.63) is 69.7 Å². The molecule has 0 atom stereocenters. The van der Waals surface area contributed by atoms with Crippen LogP contribution in [0.3, 0.4) is 0 Å². The molecule has 0 radical (unpaired) electrons. The number of thiazole rings is 1. The van der Waals surface area contributed by atoms with Crippen molar-refractivity contribution in [2.45, 2.75) is 19.5 Å². The highest BCUT2D eigenvalue weighted by Gasteiger charge is 2.31. The highest BCUT2D eigenvalue weighted by molar-refractivity contribution is 7.15. The maximum Gasteiger partial charge on any atom is 0.416 e. The molecule has 0 aliphatic rings. The number of nitrogens with zero attached hydrogens (tertiary/aromatic N) is 1. The van der Waals surface area contributed by atoms with Crippen molar-refractivity contribution in [3.63, 3.8) is 0 Å². The van der Waals surface area contributed by atoms with E-state index in [4.69, 9.17) is 21.1 Å². The Balaban J connectivity index is 1.60. The molecule has 5 nitrogen and oxygen atoms in total. The summed E-state index contributed by atoms with van der Waals surface area (Å²) in [5.74, 6) is 0.551. The first-order valence-electron chi connectivity index (χ1n) is 9.21. The molecular formula is C21H18ClF3N2O3S. The van der Waals surface area contributed by atoms with Crippen LogP contribution in [0.25, 0.3) is 0 Å². The van der Waals surface area contributed by atoms with Crippen LogP contribution in [0, 0.1) is 0 Å². The summed E-state index contributed by atoms with van der Waals surface area (Å²) in [6, 6.07) is 10.2. The maximum atomic E-state index is 12.9. The summed E-state index contributed by atoms with van der Waals surface area (Å²) < 4.78 is 49.7. The third-order valence-electron chi connectivity index (χ3n) is 4.05. The predicted octanol–water partition coefficient (Wildman–Crippen LogP) is 5.82. The van der Waals surface area contributed by atoms with Gasteiger partial charge in [-0.25, -0.2) is 4.98 Å². The summed E-state index contributed by atoms with van der Waals surface area (Å²) in [6.45, 7) is 2.05. The number of carbonyl (C=O) groups excluding carboxylic acids is 1. The Hall–Kier alpha value is -2.78. The summed E-state index contributed by atoms with van der Waals surface area (Å²) in [6.07, 6.45) is -2.80. The van der Waals surface area contributed by atoms with Crippen LogP contribution in [0.5, 0.6) is 11.5 Å². The topological polar surface area (TPSA) is 60.5 Å². The number of carbonyl (C=O) groups is 1. The number of benzene rings is 2. The molecule has 0 spiro atoms. The van der Waals surface area contributed by atoms with Crippen molar-refractivity contribution < 1.29 is 27.4 Å². The van der Waals surface area contributed by atoms with E-state index in [2.05, 4.69) is 10.3 Å². The number of para-hydroxylation sites is 2. The normalized spacial score (nSPS) is 11.3. The van der Waals surface area contributed by atoms with Gasteiger partial charge in [-0.3, -0.25) is 10.1 Å². The zero-order valence-corrected chi connectivity index (χ0v) is 17.9. The Morgan fingerprint density at radius 2 is 1.87 bits per heavy atom. The van der Waals surface area contributed by atoms with E-state index in [0.717, 1.165) is 23.5 Å². The second-order valence-corrected chi connectivity index (χ2v) is 7.85. The van der Waals surface area contributed by atoms with Gasteiger partial charge in [0.05, 0.1) is 12.2 Å². The minimum atomic E-state index is -4.45. The fraction of sp³-hybridized carbons (Fsp3) is 0.238. The zero-order valence-electron chi connectivity index (χ0n) is 16.3. The average Bonchev–Trinajstić information content (AvgIpc) is 3.15. The molecule has 2 aromatic carbocycles. The Bertz CT molecular complexity index is 1060. The molecule has 0 aliphatic carbocycles. The van der Waals surface area contributed by atoms with Gasteiger partial charge >= 0.3 is 6.18 Å². The second-order valence-electron chi connectivity index (χ2n) is 6.33. The van der Waals surface area contributed by atoms with Gasteiger partial charge in [0.25, 0.3) is 5.91 Å². The molecule has 0 saturated heterocycles. The molecule has 3 rings (SSSR count). The van der Waals surface area contributed by atoms with Crippen molar-refractivity contribution in [1.82, 2.24) is 4.98 Å². The summed E-state index contributed by atoms with van der Waals surface area (Å²) in [7, 11) is 0. The number of aromatic nitrogens is 1. The third-order valence-corrected chi connectivity index (χ3v) is 5.33. The molecule has 0 unspecified atom stereocenters. The Labute approximate surface area is 185 Å². The van der Waals surface area contributed by atoms with Crippen LogP contribution in [-0.2, 0) is 17.4 Å². The Morgan fingerprint density at radius 3 is 2.55 bits per heavy atom. The van der Waals surface area contributed by atoms with Gasteiger partial charge in [-0.05, 0) is 42.8 Å². The molecule has 1 heterocycles. The number of alkyl halides is 3. The smallest absolute Gasteiger partial charge is 0.416 e. The Kier molecular flexibility index (Phi) is 7.40. The van der Waals surface area contributed by atoms with E-state index < -0.39 is 17.6 Å². The molecule has 3 aromatic rings. The number of anilines is 1. The Morgan fingerprint density at radius 1 is 1.16 bits per heavy atom. The van der Waals surface area contributed by atoms with Gasteiger partial charge in [-0.2, -0.15) is 13.2 Å². The quantitative estimate of drug-likeness (QED) is 0.450. The van der Waals surface area contributed by atoms with Crippen LogP contribution in [0.1, 0.15) is 22.9 Å². The van der Waals surface area contributed by atoms with Gasteiger partial charge < -0.3 is 9.47 Å². The zero-order chi connectivity index (χ0) is 22.4. The highest BCUT2D eigenvalue weighted by Crippen LogP contribution is 2.33. The minimum Gasteiger partial charge on any atom is -0.490 e. The lowest BCUT2D eigenvalue weighted by atomic mass is 10.1. The second kappa shape index (κ2) is 10.0. The number of rotatable bonds is 8. The van der Waals surface area contributed by atoms with Crippen molar-refractivity contribution >= 4 is 34.0 Å². The van der Waals surface area contributed by atoms with Crippen LogP contribution < -0.4 is 14.8 Å². The summed E-state index contributed by atoms with van der Waals surface area (Å²) in [5, 5.41) is 3.15. The molecule has 1 N–H and O–H groups in total. The van der Waals surface area contributed by atoms with Crippen molar-refractivity contribution in [1.29, 1.82) is 0 Å². The third kappa shape index (κ3) is 6.35. The first kappa shape index (κ1) is 22.9. The van der Waals surface area contributed by atoms with Crippen LogP contribution in [-0.4, -0.2) is 24.1 Å². The van der Waals surface area contributed by atoms with Crippen LogP contribution in [0.2, 0.25) is 5.02 Å². The van der Waals surface area contributed by atoms with Crippen LogP contribution >= 0.6 is 22.9 Å². The fourth-order valence-electron chi connectivity index (χ4n) is 2.66. The van der Waals surface area contributed by atoms with E-state index in [-0.39, 0.29) is 18.1 Å². The van der Waals surface area contributed by atoms with E-state index in [0.29, 0.717) is 33.7 Å². The molecule has 0 aliphatic heterocycles. The minimum absolute atomic E-state index is 0.161. The highest BCUT2D eigenvalue weighted by atomic mass is 35.5. The number of hydrogen-bond donors (Lipinski definition) is 1. The number of halogens is 4. The molecule has 1 aromatic heterocycles. The van der Waals surface area contributed by atoms with E-state index in [1.165, 1.54) is 12.3 Å². The number of amides is 1. The number of hydrogen-bond acceptors (Lipinski definition) is 5. The van der Waals surface area contributed by atoms with Crippen molar-refractivity contribution in [2.75, 3.05) is 18.5 Å². The SMILES string of the molecule is CCOc1ccccc1OCC(=O)Nc1ncc(Cc2cc(C(F)(F)F)ccc2Cl)s1. The molecule has 0 saturated carbocycles. The maximum absolute atomic E-state index is 12.9. The lowest BCUT2D eigenvalue weighted by molar-refractivity contribution is -0.137. The predicted molar refractivity (Wildman–Crippen MR) is 113 cm³/mol. The summed E-state index contributed by atoms with van der Waals surface area (Å²) >= 11 is 7.19.